The number of nitrogens with zero attached hydrogens (tertiary/aromatic N) is 1. The molecule has 4 rings (SSSR count). The third-order valence-electron chi connectivity index (χ3n) is 8.94. The minimum atomic E-state index is -0.844. The number of amides is 3. The molecule has 11 nitrogen and oxygen atoms in total. The summed E-state index contributed by atoms with van der Waals surface area (Å²) >= 11 is 0. The first kappa shape index (κ1) is 36.3. The van der Waals surface area contributed by atoms with Crippen molar-refractivity contribution in [1.82, 2.24) is 20.9 Å². The molecule has 0 bridgehead atoms. The van der Waals surface area contributed by atoms with Gasteiger partial charge in [-0.3, -0.25) is 14.4 Å². The van der Waals surface area contributed by atoms with Crippen molar-refractivity contribution in [2.75, 3.05) is 46.6 Å². The summed E-state index contributed by atoms with van der Waals surface area (Å²) in [5, 5.41) is 9.20. The van der Waals surface area contributed by atoms with E-state index in [0.29, 0.717) is 51.7 Å². The van der Waals surface area contributed by atoms with Crippen LogP contribution in [-0.2, 0) is 43.2 Å². The molecule has 0 fully saturated rings. The van der Waals surface area contributed by atoms with Crippen LogP contribution >= 0.6 is 0 Å². The summed E-state index contributed by atoms with van der Waals surface area (Å²) in [6, 6.07) is 11.8. The van der Waals surface area contributed by atoms with Crippen LogP contribution in [0.2, 0.25) is 0 Å². The first-order chi connectivity index (χ1) is 22.5. The number of hydrogen-bond acceptors (Lipinski definition) is 8. The number of rotatable bonds is 15. The van der Waals surface area contributed by atoms with Gasteiger partial charge in [0, 0.05) is 19.5 Å². The molecule has 0 saturated carbocycles. The van der Waals surface area contributed by atoms with E-state index >= 15 is 0 Å². The average Bonchev–Trinajstić information content (AvgIpc) is 3.06. The maximum absolute atomic E-state index is 14.5. The second-order valence-corrected chi connectivity index (χ2v) is 13.4. The Labute approximate surface area is 279 Å². The minimum absolute atomic E-state index is 0.120. The van der Waals surface area contributed by atoms with Gasteiger partial charge in [0.2, 0.25) is 17.7 Å². The van der Waals surface area contributed by atoms with Gasteiger partial charge in [-0.25, -0.2) is 0 Å². The summed E-state index contributed by atoms with van der Waals surface area (Å²) in [5.74, 6) is -0.104. The van der Waals surface area contributed by atoms with E-state index < -0.39 is 23.5 Å². The Balaban J connectivity index is 1.55. The first-order valence-electron chi connectivity index (χ1n) is 16.8. The van der Waals surface area contributed by atoms with Crippen molar-refractivity contribution >= 4 is 17.7 Å². The highest BCUT2D eigenvalue weighted by atomic mass is 16.5. The number of carbonyl (C=O) groups is 3. The maximum Gasteiger partial charge on any atom is 0.246 e. The molecule has 5 N–H and O–H groups in total. The van der Waals surface area contributed by atoms with Crippen molar-refractivity contribution in [3.8, 4) is 5.75 Å². The lowest BCUT2D eigenvalue weighted by molar-refractivity contribution is -0.147. The van der Waals surface area contributed by atoms with Crippen LogP contribution in [0.15, 0.2) is 42.5 Å². The molecule has 3 amide bonds. The fourth-order valence-corrected chi connectivity index (χ4v) is 6.12. The highest BCUT2D eigenvalue weighted by molar-refractivity contribution is 5.94. The zero-order chi connectivity index (χ0) is 34.0. The molecule has 2 aromatic carbocycles. The van der Waals surface area contributed by atoms with Gasteiger partial charge in [-0.2, -0.15) is 0 Å². The van der Waals surface area contributed by atoms with Crippen LogP contribution < -0.4 is 26.4 Å². The van der Waals surface area contributed by atoms with Crippen LogP contribution in [0.25, 0.3) is 0 Å². The Hall–Kier alpha value is -3.51. The van der Waals surface area contributed by atoms with Crippen LogP contribution in [-0.4, -0.2) is 87.4 Å². The molecule has 2 aliphatic rings. The van der Waals surface area contributed by atoms with Crippen LogP contribution in [0.4, 0.5) is 0 Å². The molecule has 258 valence electrons. The Morgan fingerprint density at radius 2 is 1.70 bits per heavy atom. The number of benzene rings is 2. The van der Waals surface area contributed by atoms with Crippen molar-refractivity contribution < 1.29 is 28.6 Å². The molecular weight excluding hydrogens is 598 g/mol. The Morgan fingerprint density at radius 3 is 2.43 bits per heavy atom. The summed E-state index contributed by atoms with van der Waals surface area (Å²) in [6.45, 7) is 10.4. The Bertz CT molecular complexity index is 1360. The van der Waals surface area contributed by atoms with Crippen LogP contribution in [0.5, 0.6) is 5.75 Å². The van der Waals surface area contributed by atoms with Crippen LogP contribution in [0.1, 0.15) is 68.8 Å². The van der Waals surface area contributed by atoms with Crippen molar-refractivity contribution in [3.63, 3.8) is 0 Å². The second-order valence-electron chi connectivity index (χ2n) is 13.4. The Morgan fingerprint density at radius 1 is 0.979 bits per heavy atom. The largest absolute Gasteiger partial charge is 0.491 e. The van der Waals surface area contributed by atoms with Gasteiger partial charge < -0.3 is 40.8 Å². The van der Waals surface area contributed by atoms with Crippen molar-refractivity contribution in [2.24, 2.45) is 11.1 Å². The third kappa shape index (κ3) is 9.76. The second kappa shape index (κ2) is 17.1. The molecule has 47 heavy (non-hydrogen) atoms. The molecule has 4 atom stereocenters. The highest BCUT2D eigenvalue weighted by Crippen LogP contribution is 2.33. The van der Waals surface area contributed by atoms with Gasteiger partial charge in [-0.1, -0.05) is 51.1 Å². The van der Waals surface area contributed by atoms with E-state index in [1.54, 1.807) is 18.9 Å². The van der Waals surface area contributed by atoms with Crippen LogP contribution in [0, 0.1) is 5.41 Å². The molecular formula is C36H53N5O6. The quantitative estimate of drug-likeness (QED) is 0.215. The summed E-state index contributed by atoms with van der Waals surface area (Å²) in [5.41, 5.74) is 9.09. The number of nitrogens with one attached hydrogen (secondary N) is 3. The van der Waals surface area contributed by atoms with Crippen LogP contribution in [0.3, 0.4) is 0 Å². The van der Waals surface area contributed by atoms with Crippen molar-refractivity contribution in [3.05, 3.63) is 64.7 Å². The van der Waals surface area contributed by atoms with Gasteiger partial charge >= 0.3 is 0 Å². The summed E-state index contributed by atoms with van der Waals surface area (Å²) in [7, 11) is 1.70. The van der Waals surface area contributed by atoms with E-state index in [9.17, 15) is 14.4 Å². The van der Waals surface area contributed by atoms with Gasteiger partial charge in [-0.15, -0.1) is 0 Å². The summed E-state index contributed by atoms with van der Waals surface area (Å²) in [6.07, 6.45) is 3.16. The average molecular weight is 652 g/mol. The molecule has 1 aliphatic carbocycles. The number of carbonyl (C=O) groups excluding carboxylic acids is 3. The molecule has 0 saturated heterocycles. The first-order valence-corrected chi connectivity index (χ1v) is 16.8. The van der Waals surface area contributed by atoms with E-state index in [-0.39, 0.29) is 30.3 Å². The van der Waals surface area contributed by atoms with Gasteiger partial charge in [0.25, 0.3) is 0 Å². The SMILES string of the molecule is CNC(C)C(=O)NC(C(=O)N1Cc2cc(OCCOCCOCCN)ccc2C[C@H]1C(=O)N[C@@H]1CCCc2ccccc21)C(C)(C)C. The standard InChI is InChI=1S/C36H53N5O6/c1-24(38-5)33(42)40-32(36(2,3)4)35(44)41-23-27-21-28(47-20-19-46-18-17-45-16-15-37)14-13-26(27)22-31(41)34(43)39-30-12-8-10-25-9-6-7-11-29(25)30/h6-7,9,11,13-14,21,24,30-32,38H,8,10,12,15-20,22-23,37H2,1-5H3,(H,39,43)(H,40,42)/t24?,30-,31+,32?/m1/s1. The van der Waals surface area contributed by atoms with Crippen molar-refractivity contribution in [2.45, 2.75) is 84.1 Å². The molecule has 2 aromatic rings. The lowest BCUT2D eigenvalue weighted by atomic mass is 9.83. The zero-order valence-corrected chi connectivity index (χ0v) is 28.6. The normalized spacial score (nSPS) is 18.8. The predicted octanol–water partition coefficient (Wildman–Crippen LogP) is 2.64. The smallest absolute Gasteiger partial charge is 0.246 e. The monoisotopic (exact) mass is 651 g/mol. The topological polar surface area (TPSA) is 144 Å². The minimum Gasteiger partial charge on any atom is -0.491 e. The number of nitrogens with two attached hydrogens (primary N) is 1. The number of hydrogen-bond donors (Lipinski definition) is 4. The fraction of sp³-hybridized carbons (Fsp3) is 0.583. The van der Waals surface area contributed by atoms with Gasteiger partial charge in [0.1, 0.15) is 24.4 Å². The number of fused-ring (bicyclic) bond motifs is 2. The molecule has 1 heterocycles. The number of likely N-dealkylation sites (N-methyl/N-ethyl adjacent to an activating group) is 1. The summed E-state index contributed by atoms with van der Waals surface area (Å²) < 4.78 is 16.9. The Kier molecular flexibility index (Phi) is 13.2. The molecule has 0 radical (unpaired) electrons. The fourth-order valence-electron chi connectivity index (χ4n) is 6.12. The third-order valence-corrected chi connectivity index (χ3v) is 8.94. The summed E-state index contributed by atoms with van der Waals surface area (Å²) in [4.78, 5) is 43.3. The van der Waals surface area contributed by atoms with Gasteiger partial charge in [0.15, 0.2) is 0 Å². The highest BCUT2D eigenvalue weighted by Gasteiger charge is 2.43. The molecule has 2 unspecified atom stereocenters. The number of ether oxygens (including phenoxy) is 3. The van der Waals surface area contributed by atoms with Gasteiger partial charge in [0.05, 0.1) is 38.5 Å². The predicted molar refractivity (Wildman–Crippen MR) is 181 cm³/mol. The lowest BCUT2D eigenvalue weighted by Crippen LogP contribution is -2.62. The maximum atomic E-state index is 14.5. The van der Waals surface area contributed by atoms with Crippen molar-refractivity contribution in [1.29, 1.82) is 0 Å². The molecule has 0 spiro atoms. The van der Waals surface area contributed by atoms with E-state index in [0.717, 1.165) is 36.0 Å². The lowest BCUT2D eigenvalue weighted by Gasteiger charge is -2.41. The zero-order valence-electron chi connectivity index (χ0n) is 28.6. The molecule has 11 heteroatoms. The van der Waals surface area contributed by atoms with Gasteiger partial charge in [-0.05, 0) is 73.0 Å². The number of aryl methyl sites for hydroxylation is 1. The van der Waals surface area contributed by atoms with E-state index in [2.05, 4.69) is 28.1 Å². The van der Waals surface area contributed by atoms with E-state index in [1.807, 2.05) is 51.1 Å². The molecule has 1 aliphatic heterocycles. The molecule has 0 aromatic heterocycles. The van der Waals surface area contributed by atoms with E-state index in [1.165, 1.54) is 5.56 Å². The van der Waals surface area contributed by atoms with E-state index in [4.69, 9.17) is 19.9 Å².